The predicted octanol–water partition coefficient (Wildman–Crippen LogP) is 5.19. The number of fused-ring (bicyclic) bond motifs is 3. The van der Waals surface area contributed by atoms with E-state index >= 15 is 0 Å². The molecule has 5 rings (SSSR count). The third kappa shape index (κ3) is 3.53. The fraction of sp³-hybridized carbons (Fsp3) is 0.231. The number of aryl methyl sites for hydroxylation is 2. The molecule has 0 saturated carbocycles. The minimum absolute atomic E-state index is 0.198. The van der Waals surface area contributed by atoms with Gasteiger partial charge in [-0.3, -0.25) is 14.5 Å². The maximum Gasteiger partial charge on any atom is 0.275 e. The molecule has 3 heterocycles. The standard InChI is InChI=1S/C26H24FN3O2S/c1-16-4-9-21(17(2)12-16)30-23(31)22-13-19-10-11-33-24(19)29(22)15-26(30,3)25(32)28-14-18-5-7-20(27)8-6-18/h4-13H,14-15H2,1-3H3,(H,28,32). The summed E-state index contributed by atoms with van der Waals surface area (Å²) in [5.41, 5.74) is 2.96. The van der Waals surface area contributed by atoms with Gasteiger partial charge in [0, 0.05) is 17.6 Å². The van der Waals surface area contributed by atoms with Crippen LogP contribution in [0.5, 0.6) is 0 Å². The summed E-state index contributed by atoms with van der Waals surface area (Å²) in [6.45, 7) is 6.35. The summed E-state index contributed by atoms with van der Waals surface area (Å²) in [7, 11) is 0. The Bertz CT molecular complexity index is 1390. The van der Waals surface area contributed by atoms with Crippen LogP contribution >= 0.6 is 11.3 Å². The Labute approximate surface area is 195 Å². The van der Waals surface area contributed by atoms with Crippen molar-refractivity contribution in [3.8, 4) is 0 Å². The number of carbonyl (C=O) groups is 2. The summed E-state index contributed by atoms with van der Waals surface area (Å²) < 4.78 is 15.2. The maximum absolute atomic E-state index is 13.8. The fourth-order valence-corrected chi connectivity index (χ4v) is 5.50. The Morgan fingerprint density at radius 3 is 2.61 bits per heavy atom. The van der Waals surface area contributed by atoms with Crippen molar-refractivity contribution in [3.63, 3.8) is 0 Å². The van der Waals surface area contributed by atoms with Crippen molar-refractivity contribution in [1.82, 2.24) is 9.88 Å². The lowest BCUT2D eigenvalue weighted by atomic mass is 9.92. The number of halogens is 1. The minimum Gasteiger partial charge on any atom is -0.350 e. The molecule has 1 unspecified atom stereocenters. The first kappa shape index (κ1) is 21.4. The van der Waals surface area contributed by atoms with Gasteiger partial charge in [0.15, 0.2) is 0 Å². The molecule has 1 N–H and O–H groups in total. The van der Waals surface area contributed by atoms with Crippen molar-refractivity contribution in [2.75, 3.05) is 4.90 Å². The van der Waals surface area contributed by atoms with Gasteiger partial charge < -0.3 is 9.88 Å². The quantitative estimate of drug-likeness (QED) is 0.455. The van der Waals surface area contributed by atoms with Crippen molar-refractivity contribution < 1.29 is 14.0 Å². The minimum atomic E-state index is -1.15. The van der Waals surface area contributed by atoms with Crippen molar-refractivity contribution in [1.29, 1.82) is 0 Å². The highest BCUT2D eigenvalue weighted by atomic mass is 32.1. The molecule has 0 spiro atoms. The lowest BCUT2D eigenvalue weighted by Gasteiger charge is -2.44. The molecule has 2 aromatic heterocycles. The largest absolute Gasteiger partial charge is 0.350 e. The maximum atomic E-state index is 13.8. The van der Waals surface area contributed by atoms with Crippen LogP contribution in [-0.2, 0) is 17.9 Å². The van der Waals surface area contributed by atoms with Crippen LogP contribution in [0.4, 0.5) is 10.1 Å². The normalized spacial score (nSPS) is 17.9. The number of anilines is 1. The second-order valence-corrected chi connectivity index (χ2v) is 9.70. The summed E-state index contributed by atoms with van der Waals surface area (Å²) >= 11 is 1.56. The number of carbonyl (C=O) groups excluding carboxylic acids is 2. The van der Waals surface area contributed by atoms with Crippen LogP contribution in [0.15, 0.2) is 60.0 Å². The molecule has 1 aliphatic rings. The van der Waals surface area contributed by atoms with E-state index in [1.54, 1.807) is 28.4 Å². The average Bonchev–Trinajstić information content (AvgIpc) is 3.37. The van der Waals surface area contributed by atoms with Crippen LogP contribution < -0.4 is 10.2 Å². The van der Waals surface area contributed by atoms with Gasteiger partial charge in [-0.15, -0.1) is 11.3 Å². The Morgan fingerprint density at radius 1 is 1.12 bits per heavy atom. The molecule has 0 bridgehead atoms. The van der Waals surface area contributed by atoms with Crippen LogP contribution in [0.1, 0.15) is 34.1 Å². The molecule has 2 amide bonds. The number of benzene rings is 2. The molecule has 2 aromatic carbocycles. The zero-order valence-corrected chi connectivity index (χ0v) is 19.5. The Morgan fingerprint density at radius 2 is 1.88 bits per heavy atom. The van der Waals surface area contributed by atoms with E-state index in [1.165, 1.54) is 12.1 Å². The monoisotopic (exact) mass is 461 g/mol. The second kappa shape index (κ2) is 7.85. The Hall–Kier alpha value is -3.45. The number of nitrogens with zero attached hydrogens (tertiary/aromatic N) is 2. The van der Waals surface area contributed by atoms with Crippen molar-refractivity contribution >= 4 is 39.1 Å². The molecule has 1 atom stereocenters. The van der Waals surface area contributed by atoms with Crippen molar-refractivity contribution in [2.24, 2.45) is 0 Å². The highest BCUT2D eigenvalue weighted by molar-refractivity contribution is 7.16. The Balaban J connectivity index is 1.57. The Kier molecular flexibility index (Phi) is 5.09. The molecule has 5 nitrogen and oxygen atoms in total. The smallest absolute Gasteiger partial charge is 0.275 e. The van der Waals surface area contributed by atoms with Gasteiger partial charge in [-0.2, -0.15) is 0 Å². The van der Waals surface area contributed by atoms with Gasteiger partial charge in [-0.1, -0.05) is 29.8 Å². The molecular formula is C26H24FN3O2S. The highest BCUT2D eigenvalue weighted by Crippen LogP contribution is 2.38. The SMILES string of the molecule is Cc1ccc(N2C(=O)c3cc4ccsc4n3CC2(C)C(=O)NCc2ccc(F)cc2)c(C)c1. The van der Waals surface area contributed by atoms with Gasteiger partial charge in [0.05, 0.1) is 6.54 Å². The molecule has 33 heavy (non-hydrogen) atoms. The first-order valence-corrected chi connectivity index (χ1v) is 11.7. The molecule has 7 heteroatoms. The molecular weight excluding hydrogens is 437 g/mol. The molecule has 0 radical (unpaired) electrons. The van der Waals surface area contributed by atoms with Crippen molar-refractivity contribution in [2.45, 2.75) is 39.4 Å². The van der Waals surface area contributed by atoms with Gasteiger partial charge in [0.25, 0.3) is 5.91 Å². The summed E-state index contributed by atoms with van der Waals surface area (Å²) in [5.74, 6) is -0.781. The number of rotatable bonds is 4. The van der Waals surface area contributed by atoms with Gasteiger partial charge in [0.1, 0.15) is 21.9 Å². The summed E-state index contributed by atoms with van der Waals surface area (Å²) in [4.78, 5) is 30.1. The van der Waals surface area contributed by atoms with E-state index in [9.17, 15) is 14.0 Å². The van der Waals surface area contributed by atoms with E-state index in [2.05, 4.69) is 5.32 Å². The highest BCUT2D eigenvalue weighted by Gasteiger charge is 2.49. The van der Waals surface area contributed by atoms with Crippen molar-refractivity contribution in [3.05, 3.63) is 88.2 Å². The zero-order valence-electron chi connectivity index (χ0n) is 18.7. The van der Waals surface area contributed by atoms with Crippen LogP contribution in [0.2, 0.25) is 0 Å². The number of amides is 2. The van der Waals surface area contributed by atoms with E-state index in [0.29, 0.717) is 12.2 Å². The fourth-order valence-electron chi connectivity index (χ4n) is 4.61. The lowest BCUT2D eigenvalue weighted by molar-refractivity contribution is -0.126. The second-order valence-electron chi connectivity index (χ2n) is 8.81. The van der Waals surface area contributed by atoms with Gasteiger partial charge in [-0.25, -0.2) is 4.39 Å². The van der Waals surface area contributed by atoms with Gasteiger partial charge >= 0.3 is 0 Å². The van der Waals surface area contributed by atoms with Crippen LogP contribution in [-0.4, -0.2) is 21.9 Å². The summed E-state index contributed by atoms with van der Waals surface area (Å²) in [6.07, 6.45) is 0. The number of hydrogen-bond acceptors (Lipinski definition) is 3. The first-order valence-electron chi connectivity index (χ1n) is 10.8. The van der Waals surface area contributed by atoms with E-state index in [-0.39, 0.29) is 24.2 Å². The number of nitrogens with one attached hydrogen (secondary N) is 1. The van der Waals surface area contributed by atoms with Gasteiger partial charge in [0.2, 0.25) is 5.91 Å². The first-order chi connectivity index (χ1) is 15.8. The van der Waals surface area contributed by atoms with Crippen LogP contribution in [0.3, 0.4) is 0 Å². The molecule has 168 valence electrons. The molecule has 0 aliphatic carbocycles. The van der Waals surface area contributed by atoms with E-state index in [0.717, 1.165) is 32.6 Å². The summed E-state index contributed by atoms with van der Waals surface area (Å²) in [5, 5.41) is 5.97. The topological polar surface area (TPSA) is 54.3 Å². The van der Waals surface area contributed by atoms with Gasteiger partial charge in [-0.05, 0) is 67.6 Å². The molecule has 0 saturated heterocycles. The number of aromatic nitrogens is 1. The zero-order chi connectivity index (χ0) is 23.3. The van der Waals surface area contributed by atoms with E-state index in [1.807, 2.05) is 61.1 Å². The lowest BCUT2D eigenvalue weighted by Crippen LogP contribution is -2.64. The molecule has 4 aromatic rings. The third-order valence-electron chi connectivity index (χ3n) is 6.33. The van der Waals surface area contributed by atoms with Crippen LogP contribution in [0, 0.1) is 19.7 Å². The molecule has 1 aliphatic heterocycles. The van der Waals surface area contributed by atoms with Crippen LogP contribution in [0.25, 0.3) is 10.2 Å². The van der Waals surface area contributed by atoms with E-state index < -0.39 is 5.54 Å². The summed E-state index contributed by atoms with van der Waals surface area (Å²) in [6, 6.07) is 15.8. The predicted molar refractivity (Wildman–Crippen MR) is 129 cm³/mol. The average molecular weight is 462 g/mol. The van der Waals surface area contributed by atoms with E-state index in [4.69, 9.17) is 0 Å². The number of hydrogen-bond donors (Lipinski definition) is 1. The number of thiophene rings is 1. The third-order valence-corrected chi connectivity index (χ3v) is 7.28. The molecule has 0 fully saturated rings.